The molecular formula is C9H17NO4. The number of carbonyl (C=O) groups excluding carboxylic acids is 1. The second-order valence-electron chi connectivity index (χ2n) is 2.86. The molecule has 1 atom stereocenters. The molecule has 0 fully saturated rings. The Labute approximate surface area is 83.6 Å². The van der Waals surface area contributed by atoms with E-state index in [9.17, 15) is 9.59 Å². The topological polar surface area (TPSA) is 66.8 Å². The van der Waals surface area contributed by atoms with Gasteiger partial charge in [-0.2, -0.15) is 0 Å². The van der Waals surface area contributed by atoms with Crippen LogP contribution in [0.1, 0.15) is 20.8 Å². The van der Waals surface area contributed by atoms with Crippen LogP contribution in [0.25, 0.3) is 0 Å². The number of hydrogen-bond donors (Lipinski definition) is 1. The van der Waals surface area contributed by atoms with Crippen molar-refractivity contribution in [3.05, 3.63) is 0 Å². The minimum Gasteiger partial charge on any atom is -0.479 e. The lowest BCUT2D eigenvalue weighted by atomic mass is 10.4. The highest BCUT2D eigenvalue weighted by Gasteiger charge is 2.15. The van der Waals surface area contributed by atoms with Gasteiger partial charge in [0.2, 0.25) is 5.91 Å². The Hall–Kier alpha value is -1.10. The lowest BCUT2D eigenvalue weighted by Gasteiger charge is -2.19. The van der Waals surface area contributed by atoms with Crippen LogP contribution in [0, 0.1) is 0 Å². The third-order valence-corrected chi connectivity index (χ3v) is 1.92. The van der Waals surface area contributed by atoms with Gasteiger partial charge in [-0.1, -0.05) is 0 Å². The molecule has 0 aromatic rings. The van der Waals surface area contributed by atoms with E-state index in [1.807, 2.05) is 13.8 Å². The quantitative estimate of drug-likeness (QED) is 0.676. The number of likely N-dealkylation sites (N-methyl/N-ethyl adjacent to an activating group) is 1. The molecule has 1 N–H and O–H groups in total. The number of carboxylic acids is 1. The van der Waals surface area contributed by atoms with E-state index >= 15 is 0 Å². The predicted molar refractivity (Wildman–Crippen MR) is 51.0 cm³/mol. The predicted octanol–water partition coefficient (Wildman–Crippen LogP) is 0.344. The molecule has 14 heavy (non-hydrogen) atoms. The van der Waals surface area contributed by atoms with Gasteiger partial charge in [0, 0.05) is 13.1 Å². The van der Waals surface area contributed by atoms with Crippen molar-refractivity contribution in [2.24, 2.45) is 0 Å². The highest BCUT2D eigenvalue weighted by Crippen LogP contribution is 1.94. The summed E-state index contributed by atoms with van der Waals surface area (Å²) in [6.07, 6.45) is -0.936. The molecule has 0 bridgehead atoms. The Kier molecular flexibility index (Phi) is 5.87. The maximum atomic E-state index is 11.3. The maximum absolute atomic E-state index is 11.3. The Morgan fingerprint density at radius 1 is 1.36 bits per heavy atom. The Bertz CT molecular complexity index is 201. The minimum absolute atomic E-state index is 0.171. The number of nitrogens with zero attached hydrogens (tertiary/aromatic N) is 1. The molecule has 5 heteroatoms. The normalized spacial score (nSPS) is 12.2. The summed E-state index contributed by atoms with van der Waals surface area (Å²) in [5.41, 5.74) is 0. The summed E-state index contributed by atoms with van der Waals surface area (Å²) < 4.78 is 4.86. The maximum Gasteiger partial charge on any atom is 0.332 e. The molecule has 0 rings (SSSR count). The van der Waals surface area contributed by atoms with Gasteiger partial charge in [-0.15, -0.1) is 0 Å². The number of ether oxygens (including phenoxy) is 1. The first-order valence-electron chi connectivity index (χ1n) is 4.65. The van der Waals surface area contributed by atoms with Crippen LogP contribution in [0.15, 0.2) is 0 Å². The van der Waals surface area contributed by atoms with Gasteiger partial charge in [-0.25, -0.2) is 4.79 Å². The van der Waals surface area contributed by atoms with Crippen LogP contribution >= 0.6 is 0 Å². The molecule has 1 unspecified atom stereocenters. The summed E-state index contributed by atoms with van der Waals surface area (Å²) in [5.74, 6) is -1.24. The molecule has 1 amide bonds. The highest BCUT2D eigenvalue weighted by molar-refractivity contribution is 5.78. The van der Waals surface area contributed by atoms with Crippen molar-refractivity contribution in [3.63, 3.8) is 0 Å². The summed E-state index contributed by atoms with van der Waals surface area (Å²) in [7, 11) is 0. The average molecular weight is 203 g/mol. The average Bonchev–Trinajstić information content (AvgIpc) is 2.15. The van der Waals surface area contributed by atoms with Crippen molar-refractivity contribution < 1.29 is 19.4 Å². The third-order valence-electron chi connectivity index (χ3n) is 1.92. The van der Waals surface area contributed by atoms with Gasteiger partial charge < -0.3 is 14.7 Å². The van der Waals surface area contributed by atoms with E-state index in [1.54, 1.807) is 4.90 Å². The minimum atomic E-state index is -1.06. The van der Waals surface area contributed by atoms with Crippen LogP contribution in [-0.2, 0) is 14.3 Å². The van der Waals surface area contributed by atoms with Crippen LogP contribution in [0.5, 0.6) is 0 Å². The van der Waals surface area contributed by atoms with E-state index in [0.717, 1.165) is 0 Å². The molecule has 0 aliphatic carbocycles. The molecule has 0 spiro atoms. The van der Waals surface area contributed by atoms with Crippen molar-refractivity contribution in [1.82, 2.24) is 4.90 Å². The fourth-order valence-electron chi connectivity index (χ4n) is 0.935. The van der Waals surface area contributed by atoms with Gasteiger partial charge in [0.25, 0.3) is 0 Å². The number of carbonyl (C=O) groups is 2. The van der Waals surface area contributed by atoms with Crippen LogP contribution in [0.4, 0.5) is 0 Å². The molecule has 0 aromatic carbocycles. The second-order valence-corrected chi connectivity index (χ2v) is 2.86. The van der Waals surface area contributed by atoms with Gasteiger partial charge in [0.15, 0.2) is 6.10 Å². The lowest BCUT2D eigenvalue weighted by molar-refractivity contribution is -0.152. The molecular weight excluding hydrogens is 186 g/mol. The van der Waals surface area contributed by atoms with E-state index in [2.05, 4.69) is 0 Å². The largest absolute Gasteiger partial charge is 0.479 e. The van der Waals surface area contributed by atoms with Gasteiger partial charge in [0.1, 0.15) is 6.61 Å². The van der Waals surface area contributed by atoms with E-state index in [-0.39, 0.29) is 12.5 Å². The van der Waals surface area contributed by atoms with Crippen molar-refractivity contribution in [2.45, 2.75) is 26.9 Å². The highest BCUT2D eigenvalue weighted by atomic mass is 16.5. The smallest absolute Gasteiger partial charge is 0.332 e. The number of carboxylic acid groups (broad SMARTS) is 1. The van der Waals surface area contributed by atoms with E-state index in [4.69, 9.17) is 9.84 Å². The molecule has 0 radical (unpaired) electrons. The van der Waals surface area contributed by atoms with Gasteiger partial charge in [-0.3, -0.25) is 4.79 Å². The van der Waals surface area contributed by atoms with Gasteiger partial charge in [0.05, 0.1) is 0 Å². The summed E-state index contributed by atoms with van der Waals surface area (Å²) in [4.78, 5) is 23.3. The zero-order chi connectivity index (χ0) is 11.1. The van der Waals surface area contributed by atoms with Crippen molar-refractivity contribution in [3.8, 4) is 0 Å². The first-order valence-corrected chi connectivity index (χ1v) is 4.65. The SMILES string of the molecule is CCN(CC)C(=O)COC(C)C(=O)O. The number of hydrogen-bond acceptors (Lipinski definition) is 3. The van der Waals surface area contributed by atoms with Crippen LogP contribution in [0.2, 0.25) is 0 Å². The number of rotatable bonds is 6. The summed E-state index contributed by atoms with van der Waals surface area (Å²) in [6.45, 7) is 6.18. The van der Waals surface area contributed by atoms with Crippen molar-refractivity contribution >= 4 is 11.9 Å². The molecule has 82 valence electrons. The number of amides is 1. The van der Waals surface area contributed by atoms with Crippen molar-refractivity contribution in [1.29, 1.82) is 0 Å². The summed E-state index contributed by atoms with van der Waals surface area (Å²) >= 11 is 0. The molecule has 5 nitrogen and oxygen atoms in total. The van der Waals surface area contributed by atoms with E-state index in [0.29, 0.717) is 13.1 Å². The third kappa shape index (κ3) is 4.23. The van der Waals surface area contributed by atoms with Crippen LogP contribution in [-0.4, -0.2) is 47.7 Å². The lowest BCUT2D eigenvalue weighted by Crippen LogP contribution is -2.35. The Balaban J connectivity index is 3.89. The summed E-state index contributed by atoms with van der Waals surface area (Å²) in [6, 6.07) is 0. The molecule has 0 saturated heterocycles. The monoisotopic (exact) mass is 203 g/mol. The first-order chi connectivity index (χ1) is 6.52. The molecule has 0 saturated carbocycles. The fourth-order valence-corrected chi connectivity index (χ4v) is 0.935. The van der Waals surface area contributed by atoms with Crippen LogP contribution in [0.3, 0.4) is 0 Å². The second kappa shape index (κ2) is 6.37. The Morgan fingerprint density at radius 2 is 1.86 bits per heavy atom. The Morgan fingerprint density at radius 3 is 2.21 bits per heavy atom. The molecule has 0 aliphatic heterocycles. The first kappa shape index (κ1) is 12.9. The van der Waals surface area contributed by atoms with E-state index < -0.39 is 12.1 Å². The van der Waals surface area contributed by atoms with Crippen molar-refractivity contribution in [2.75, 3.05) is 19.7 Å². The van der Waals surface area contributed by atoms with Gasteiger partial charge in [-0.05, 0) is 20.8 Å². The molecule has 0 heterocycles. The number of aliphatic carboxylic acids is 1. The van der Waals surface area contributed by atoms with Crippen LogP contribution < -0.4 is 0 Å². The van der Waals surface area contributed by atoms with Gasteiger partial charge >= 0.3 is 5.97 Å². The fraction of sp³-hybridized carbons (Fsp3) is 0.778. The standard InChI is InChI=1S/C9H17NO4/c1-4-10(5-2)8(11)6-14-7(3)9(12)13/h7H,4-6H2,1-3H3,(H,12,13). The zero-order valence-electron chi connectivity index (χ0n) is 8.82. The zero-order valence-corrected chi connectivity index (χ0v) is 8.82. The van der Waals surface area contributed by atoms with E-state index in [1.165, 1.54) is 6.92 Å². The summed E-state index contributed by atoms with van der Waals surface area (Å²) in [5, 5.41) is 8.50. The molecule has 0 aliphatic rings. The molecule has 0 aromatic heterocycles.